The van der Waals surface area contributed by atoms with Crippen LogP contribution in [-0.2, 0) is 0 Å². The van der Waals surface area contributed by atoms with Crippen molar-refractivity contribution in [1.29, 1.82) is 0 Å². The minimum absolute atomic E-state index is 0.538. The van der Waals surface area contributed by atoms with Crippen molar-refractivity contribution in [2.75, 3.05) is 0 Å². The number of pyridine rings is 5. The molecule has 410 valence electrons. The zero-order valence-electron chi connectivity index (χ0n) is 47.4. The van der Waals surface area contributed by atoms with Crippen molar-refractivity contribution in [2.45, 2.75) is 0 Å². The van der Waals surface area contributed by atoms with Crippen LogP contribution in [0.5, 0.6) is 0 Å². The largest absolute Gasteiger partial charge is 0.307 e. The van der Waals surface area contributed by atoms with E-state index in [2.05, 4.69) is 196 Å². The summed E-state index contributed by atoms with van der Waals surface area (Å²) in [7, 11) is 0. The molecule has 0 unspecified atom stereocenters. The van der Waals surface area contributed by atoms with Crippen LogP contribution in [0.2, 0.25) is 0 Å². The summed E-state index contributed by atoms with van der Waals surface area (Å²) >= 11 is 0. The molecule has 0 saturated heterocycles. The zero-order valence-corrected chi connectivity index (χ0v) is 47.4. The lowest BCUT2D eigenvalue weighted by atomic mass is 10.0. The molecule has 0 amide bonds. The van der Waals surface area contributed by atoms with Gasteiger partial charge in [0.05, 0.1) is 63.3 Å². The van der Waals surface area contributed by atoms with Gasteiger partial charge in [0.1, 0.15) is 5.82 Å². The van der Waals surface area contributed by atoms with Crippen LogP contribution in [0.25, 0.3) is 161 Å². The van der Waals surface area contributed by atoms with Gasteiger partial charge < -0.3 is 4.57 Å². The van der Waals surface area contributed by atoms with E-state index < -0.39 is 0 Å². The first-order valence-electron chi connectivity index (χ1n) is 29.3. The predicted molar refractivity (Wildman–Crippen MR) is 359 cm³/mol. The lowest BCUT2D eigenvalue weighted by Gasteiger charge is -2.17. The summed E-state index contributed by atoms with van der Waals surface area (Å²) in [6.45, 7) is 8.26. The van der Waals surface area contributed by atoms with E-state index in [-0.39, 0.29) is 0 Å². The highest BCUT2D eigenvalue weighted by Crippen LogP contribution is 2.43. The van der Waals surface area contributed by atoms with Crippen molar-refractivity contribution >= 4 is 49.3 Å². The van der Waals surface area contributed by atoms with E-state index in [0.717, 1.165) is 150 Å². The summed E-state index contributed by atoms with van der Waals surface area (Å²) < 4.78 is 4.65. The number of hydrogen-bond donors (Lipinski definition) is 0. The first kappa shape index (κ1) is 51.5. The van der Waals surface area contributed by atoms with Gasteiger partial charge in [0.25, 0.3) is 0 Å². The second-order valence-electron chi connectivity index (χ2n) is 22.0. The molecule has 0 spiro atoms. The molecule has 0 aliphatic heterocycles. The van der Waals surface area contributed by atoms with Gasteiger partial charge in [0, 0.05) is 96.4 Å². The highest BCUT2D eigenvalue weighted by molar-refractivity contribution is 6.13. The lowest BCUT2D eigenvalue weighted by molar-refractivity contribution is 1.06. The molecule has 7 heterocycles. The summed E-state index contributed by atoms with van der Waals surface area (Å²) in [5.41, 5.74) is 23.2. The van der Waals surface area contributed by atoms with E-state index in [4.69, 9.17) is 31.5 Å². The van der Waals surface area contributed by atoms with Gasteiger partial charge in [-0.3, -0.25) is 24.5 Å². The number of aromatic nitrogens is 7. The number of fused-ring (bicyclic) bond motifs is 6. The number of benzene rings is 9. The third-order valence-electron chi connectivity index (χ3n) is 16.8. The Morgan fingerprint density at radius 2 is 0.580 bits per heavy atom. The van der Waals surface area contributed by atoms with Crippen molar-refractivity contribution in [3.8, 4) is 112 Å². The Bertz CT molecular complexity index is 5050. The van der Waals surface area contributed by atoms with Gasteiger partial charge in [-0.05, 0) is 88.5 Å². The summed E-state index contributed by atoms with van der Waals surface area (Å²) in [5.74, 6) is 0.715. The van der Waals surface area contributed by atoms with Crippen molar-refractivity contribution in [3.63, 3.8) is 0 Å². The molecule has 0 aliphatic rings. The van der Waals surface area contributed by atoms with Gasteiger partial charge in [-0.15, -0.1) is 0 Å². The fourth-order valence-electron chi connectivity index (χ4n) is 12.4. The highest BCUT2D eigenvalue weighted by atomic mass is 15.1. The average molecular weight is 1120 g/mol. The molecule has 0 saturated carbocycles. The number of hydrogen-bond acceptors (Lipinski definition) is 5. The Kier molecular flexibility index (Phi) is 12.7. The first-order chi connectivity index (χ1) is 43.5. The standard InChI is InChI=1S/C80H50N8/c1-81-65-24-14-23-60(41-65)70-46-80(88-77-44-58(63-31-39-73(84-49-63)54-19-10-4-11-20-54)27-35-68(77)69-36-28-59(45-78(69)88)64-32-40-74(85-50-64)55-21-12-5-13-22-55)86-51-79(70)87-75-42-56(61-29-37-71(82-47-61)52-15-6-2-7-16-52)25-33-66(75)67-34-26-57(43-76(67)87)62-30-38-72(83-48-62)53-17-8-3-9-18-53/h2-51H. The van der Waals surface area contributed by atoms with Crippen LogP contribution in [-0.4, -0.2) is 34.1 Å². The van der Waals surface area contributed by atoms with Gasteiger partial charge in [-0.2, -0.15) is 0 Å². The van der Waals surface area contributed by atoms with Crippen molar-refractivity contribution in [1.82, 2.24) is 34.1 Å². The van der Waals surface area contributed by atoms with E-state index in [1.165, 1.54) is 0 Å². The third-order valence-corrected chi connectivity index (χ3v) is 16.8. The maximum Gasteiger partial charge on any atom is 0.187 e. The smallest absolute Gasteiger partial charge is 0.187 e. The molecule has 8 nitrogen and oxygen atoms in total. The van der Waals surface area contributed by atoms with Crippen LogP contribution in [0.1, 0.15) is 0 Å². The topological polar surface area (TPSA) is 78.7 Å². The Labute approximate surface area is 508 Å². The molecule has 8 heteroatoms. The van der Waals surface area contributed by atoms with Crippen LogP contribution >= 0.6 is 0 Å². The van der Waals surface area contributed by atoms with Crippen LogP contribution in [0.4, 0.5) is 5.69 Å². The van der Waals surface area contributed by atoms with E-state index in [0.29, 0.717) is 11.5 Å². The molecule has 0 aliphatic carbocycles. The molecule has 9 aromatic carbocycles. The zero-order chi connectivity index (χ0) is 58.5. The summed E-state index contributed by atoms with van der Waals surface area (Å²) in [6, 6.07) is 94.9. The minimum Gasteiger partial charge on any atom is -0.307 e. The van der Waals surface area contributed by atoms with E-state index in [9.17, 15) is 0 Å². The van der Waals surface area contributed by atoms with Crippen LogP contribution in [0.3, 0.4) is 0 Å². The molecule has 0 fully saturated rings. The average Bonchev–Trinajstić information content (AvgIpc) is 2.15. The van der Waals surface area contributed by atoms with Gasteiger partial charge in [0.15, 0.2) is 5.69 Å². The first-order valence-corrected chi connectivity index (χ1v) is 29.3. The molecule has 0 N–H and O–H groups in total. The number of rotatable bonds is 11. The Hall–Kier alpha value is -12.2. The van der Waals surface area contributed by atoms with E-state index in [1.807, 2.05) is 122 Å². The molecule has 0 radical (unpaired) electrons. The van der Waals surface area contributed by atoms with Gasteiger partial charge >= 0.3 is 0 Å². The van der Waals surface area contributed by atoms with Gasteiger partial charge in [-0.1, -0.05) is 212 Å². The summed E-state index contributed by atoms with van der Waals surface area (Å²) in [4.78, 5) is 29.4. The second-order valence-corrected chi connectivity index (χ2v) is 22.0. The molecule has 16 rings (SSSR count). The SMILES string of the molecule is [C-]#[N+]c1cccc(-c2cc(-n3c4cc(-c5ccc(-c6ccccc6)nc5)ccc4c4ccc(-c5ccc(-c6ccccc6)nc5)cc43)ncc2-n2c3cc(-c4ccc(-c5ccccc5)nc4)ccc3c3ccc(-c4ccc(-c5ccccc5)nc4)cc32)c1. The monoisotopic (exact) mass is 1120 g/mol. The maximum atomic E-state index is 8.26. The molecule has 88 heavy (non-hydrogen) atoms. The quantitative estimate of drug-likeness (QED) is 0.121. The van der Waals surface area contributed by atoms with Crippen LogP contribution in [0, 0.1) is 6.57 Å². The van der Waals surface area contributed by atoms with Crippen molar-refractivity contribution < 1.29 is 0 Å². The third kappa shape index (κ3) is 9.33. The van der Waals surface area contributed by atoms with Crippen LogP contribution < -0.4 is 0 Å². The summed E-state index contributed by atoms with van der Waals surface area (Å²) in [5, 5.41) is 4.33. The summed E-state index contributed by atoms with van der Waals surface area (Å²) in [6.07, 6.45) is 9.88. The molecular weight excluding hydrogens is 1070 g/mol. The second kappa shape index (κ2) is 21.8. The van der Waals surface area contributed by atoms with Crippen LogP contribution in [0.15, 0.2) is 304 Å². The molecule has 7 aromatic heterocycles. The van der Waals surface area contributed by atoms with Gasteiger partial charge in [-0.25, -0.2) is 9.83 Å². The maximum absolute atomic E-state index is 8.26. The Morgan fingerprint density at radius 1 is 0.250 bits per heavy atom. The van der Waals surface area contributed by atoms with Crippen molar-refractivity contribution in [3.05, 3.63) is 315 Å². The van der Waals surface area contributed by atoms with E-state index in [1.54, 1.807) is 0 Å². The predicted octanol–water partition coefficient (Wildman–Crippen LogP) is 20.4. The van der Waals surface area contributed by atoms with Gasteiger partial charge in [0.2, 0.25) is 0 Å². The molecule has 16 aromatic rings. The molecule has 0 atom stereocenters. The Balaban J connectivity index is 0.915. The van der Waals surface area contributed by atoms with E-state index >= 15 is 0 Å². The Morgan fingerprint density at radius 3 is 0.909 bits per heavy atom. The lowest BCUT2D eigenvalue weighted by Crippen LogP contribution is -2.03. The fourth-order valence-corrected chi connectivity index (χ4v) is 12.4. The molecular formula is C80H50N8. The van der Waals surface area contributed by atoms with Crippen molar-refractivity contribution in [2.24, 2.45) is 0 Å². The highest BCUT2D eigenvalue weighted by Gasteiger charge is 2.23. The fraction of sp³-hybridized carbons (Fsp3) is 0. The number of nitrogens with zero attached hydrogens (tertiary/aromatic N) is 8. The molecule has 0 bridgehead atoms. The normalized spacial score (nSPS) is 11.4. The minimum atomic E-state index is 0.538.